The molecule has 1 fully saturated rings. The maximum atomic E-state index is 12.7. The maximum absolute atomic E-state index is 12.7. The van der Waals surface area contributed by atoms with E-state index in [1.165, 1.54) is 0 Å². The molecule has 7 heteroatoms. The van der Waals surface area contributed by atoms with Crippen LogP contribution in [0.5, 0.6) is 0 Å². The molecule has 1 aliphatic rings. The number of aromatic nitrogens is 3. The van der Waals surface area contributed by atoms with Gasteiger partial charge in [-0.15, -0.1) is 0 Å². The maximum Gasteiger partial charge on any atom is 0.255 e. The number of hydrogen-bond acceptors (Lipinski definition) is 6. The fourth-order valence-electron chi connectivity index (χ4n) is 2.72. The van der Waals surface area contributed by atoms with E-state index in [0.29, 0.717) is 24.7 Å². The molecular formula is C17H22N6O. The first-order chi connectivity index (χ1) is 11.6. The number of carbonyl (C=O) groups is 1. The van der Waals surface area contributed by atoms with Gasteiger partial charge in [-0.1, -0.05) is 0 Å². The van der Waals surface area contributed by atoms with Gasteiger partial charge in [-0.25, -0.2) is 9.97 Å². The second kappa shape index (κ2) is 7.25. The van der Waals surface area contributed by atoms with E-state index in [4.69, 9.17) is 0 Å². The zero-order chi connectivity index (χ0) is 16.9. The van der Waals surface area contributed by atoms with Crippen LogP contribution < -0.4 is 10.2 Å². The molecule has 3 heterocycles. The number of hydrogen-bond donors (Lipinski definition) is 1. The van der Waals surface area contributed by atoms with Gasteiger partial charge in [-0.05, 0) is 26.0 Å². The summed E-state index contributed by atoms with van der Waals surface area (Å²) in [5.74, 6) is 0.734. The topological polar surface area (TPSA) is 74.2 Å². The van der Waals surface area contributed by atoms with E-state index in [9.17, 15) is 4.79 Å². The molecule has 0 aromatic carbocycles. The van der Waals surface area contributed by atoms with Crippen LogP contribution in [0.4, 0.5) is 11.6 Å². The summed E-state index contributed by atoms with van der Waals surface area (Å²) >= 11 is 0. The zero-order valence-electron chi connectivity index (χ0n) is 14.0. The van der Waals surface area contributed by atoms with Crippen LogP contribution in [0.1, 0.15) is 24.2 Å². The largest absolute Gasteiger partial charge is 0.382 e. The summed E-state index contributed by atoms with van der Waals surface area (Å²) in [6.07, 6.45) is 6.83. The first kappa shape index (κ1) is 16.2. The third-order valence-electron chi connectivity index (χ3n) is 3.84. The van der Waals surface area contributed by atoms with Crippen molar-refractivity contribution in [3.63, 3.8) is 0 Å². The van der Waals surface area contributed by atoms with E-state index >= 15 is 0 Å². The highest BCUT2D eigenvalue weighted by molar-refractivity contribution is 5.94. The lowest BCUT2D eigenvalue weighted by molar-refractivity contribution is 0.0746. The van der Waals surface area contributed by atoms with Crippen LogP contribution in [0, 0.1) is 0 Å². The minimum atomic E-state index is 0.0172. The summed E-state index contributed by atoms with van der Waals surface area (Å²) in [6, 6.07) is 3.96. The van der Waals surface area contributed by atoms with Gasteiger partial charge in [0.2, 0.25) is 5.95 Å². The van der Waals surface area contributed by atoms with E-state index in [2.05, 4.69) is 39.0 Å². The first-order valence-electron chi connectivity index (χ1n) is 8.16. The van der Waals surface area contributed by atoms with Crippen LogP contribution in [0.15, 0.2) is 36.9 Å². The molecule has 2 aromatic rings. The molecule has 1 amide bonds. The number of carbonyl (C=O) groups excluding carboxylic acids is 1. The van der Waals surface area contributed by atoms with Crippen LogP contribution in [0.25, 0.3) is 0 Å². The smallest absolute Gasteiger partial charge is 0.255 e. The van der Waals surface area contributed by atoms with E-state index in [1.807, 2.05) is 11.0 Å². The minimum Gasteiger partial charge on any atom is -0.382 e. The van der Waals surface area contributed by atoms with Gasteiger partial charge in [0.15, 0.2) is 0 Å². The molecule has 0 bridgehead atoms. The van der Waals surface area contributed by atoms with E-state index in [0.717, 1.165) is 24.7 Å². The van der Waals surface area contributed by atoms with Crippen molar-refractivity contribution < 1.29 is 4.79 Å². The highest BCUT2D eigenvalue weighted by Gasteiger charge is 2.23. The molecule has 7 nitrogen and oxygen atoms in total. The molecular weight excluding hydrogens is 304 g/mol. The van der Waals surface area contributed by atoms with Gasteiger partial charge < -0.3 is 15.1 Å². The molecule has 0 spiro atoms. The van der Waals surface area contributed by atoms with Crippen LogP contribution in [0.3, 0.4) is 0 Å². The highest BCUT2D eigenvalue weighted by Crippen LogP contribution is 2.15. The van der Waals surface area contributed by atoms with Gasteiger partial charge >= 0.3 is 0 Å². The molecule has 0 aliphatic carbocycles. The number of anilines is 2. The molecule has 1 aliphatic heterocycles. The molecule has 0 radical (unpaired) electrons. The Balaban J connectivity index is 1.63. The van der Waals surface area contributed by atoms with Crippen molar-refractivity contribution in [1.82, 2.24) is 19.9 Å². The molecule has 1 N–H and O–H groups in total. The third kappa shape index (κ3) is 3.79. The third-order valence-corrected chi connectivity index (χ3v) is 3.84. The summed E-state index contributed by atoms with van der Waals surface area (Å²) in [4.78, 5) is 29.3. The summed E-state index contributed by atoms with van der Waals surface area (Å²) in [6.45, 7) is 6.87. The molecule has 0 atom stereocenters. The molecule has 126 valence electrons. The van der Waals surface area contributed by atoms with E-state index in [-0.39, 0.29) is 5.91 Å². The van der Waals surface area contributed by atoms with Gasteiger partial charge in [-0.3, -0.25) is 9.78 Å². The van der Waals surface area contributed by atoms with Crippen LogP contribution in [-0.4, -0.2) is 58.0 Å². The Hall–Kier alpha value is -2.70. The van der Waals surface area contributed by atoms with Gasteiger partial charge in [0.05, 0.1) is 11.3 Å². The first-order valence-corrected chi connectivity index (χ1v) is 8.16. The lowest BCUT2D eigenvalue weighted by Crippen LogP contribution is -2.49. The lowest BCUT2D eigenvalue weighted by atomic mass is 10.2. The molecule has 1 saturated heterocycles. The Morgan fingerprint density at radius 2 is 1.83 bits per heavy atom. The number of rotatable bonds is 4. The summed E-state index contributed by atoms with van der Waals surface area (Å²) < 4.78 is 0. The van der Waals surface area contributed by atoms with E-state index in [1.54, 1.807) is 30.9 Å². The molecule has 2 aromatic heterocycles. The second-order valence-electron chi connectivity index (χ2n) is 6.09. The summed E-state index contributed by atoms with van der Waals surface area (Å²) in [5.41, 5.74) is 1.48. The zero-order valence-corrected chi connectivity index (χ0v) is 14.0. The standard InChI is InChI=1S/C17H22N6O/c1-13(2)21-15-10-14(11-18-12-15)16(24)22-6-8-23(9-7-22)17-19-4-3-5-20-17/h3-5,10-13,21H,6-9H2,1-2H3. The van der Waals surface area contributed by atoms with Gasteiger partial charge in [0, 0.05) is 57.0 Å². The number of nitrogens with one attached hydrogen (secondary N) is 1. The van der Waals surface area contributed by atoms with Crippen molar-refractivity contribution in [2.75, 3.05) is 36.4 Å². The SMILES string of the molecule is CC(C)Nc1cncc(C(=O)N2CCN(c3ncccn3)CC2)c1. The predicted octanol–water partition coefficient (Wildman–Crippen LogP) is 1.65. The second-order valence-corrected chi connectivity index (χ2v) is 6.09. The number of nitrogens with zero attached hydrogens (tertiary/aromatic N) is 5. The predicted molar refractivity (Wildman–Crippen MR) is 93.1 cm³/mol. The monoisotopic (exact) mass is 326 g/mol. The summed E-state index contributed by atoms with van der Waals surface area (Å²) in [5, 5.41) is 3.27. The molecule has 0 unspecified atom stereocenters. The number of piperazine rings is 1. The Morgan fingerprint density at radius 3 is 2.50 bits per heavy atom. The Bertz CT molecular complexity index is 682. The highest BCUT2D eigenvalue weighted by atomic mass is 16.2. The lowest BCUT2D eigenvalue weighted by Gasteiger charge is -2.34. The van der Waals surface area contributed by atoms with Crippen LogP contribution in [0.2, 0.25) is 0 Å². The van der Waals surface area contributed by atoms with Crippen LogP contribution in [-0.2, 0) is 0 Å². The van der Waals surface area contributed by atoms with Gasteiger partial charge in [-0.2, -0.15) is 0 Å². The van der Waals surface area contributed by atoms with Crippen molar-refractivity contribution in [2.45, 2.75) is 19.9 Å². The number of amides is 1. The quantitative estimate of drug-likeness (QED) is 0.921. The van der Waals surface area contributed by atoms with Gasteiger partial charge in [0.25, 0.3) is 5.91 Å². The van der Waals surface area contributed by atoms with Crippen molar-refractivity contribution >= 4 is 17.5 Å². The van der Waals surface area contributed by atoms with Crippen LogP contribution >= 0.6 is 0 Å². The molecule has 0 saturated carbocycles. The Kier molecular flexibility index (Phi) is 4.88. The fourth-order valence-corrected chi connectivity index (χ4v) is 2.72. The van der Waals surface area contributed by atoms with Crippen molar-refractivity contribution in [3.05, 3.63) is 42.5 Å². The van der Waals surface area contributed by atoms with E-state index < -0.39 is 0 Å². The van der Waals surface area contributed by atoms with Crippen molar-refractivity contribution in [2.24, 2.45) is 0 Å². The van der Waals surface area contributed by atoms with Crippen molar-refractivity contribution in [1.29, 1.82) is 0 Å². The molecule has 3 rings (SSSR count). The van der Waals surface area contributed by atoms with Gasteiger partial charge in [0.1, 0.15) is 0 Å². The fraction of sp³-hybridized carbons (Fsp3) is 0.412. The molecule has 24 heavy (non-hydrogen) atoms. The number of pyridine rings is 1. The average Bonchev–Trinajstić information content (AvgIpc) is 2.62. The normalized spacial score (nSPS) is 14.8. The Labute approximate surface area is 141 Å². The van der Waals surface area contributed by atoms with Crippen molar-refractivity contribution in [3.8, 4) is 0 Å². The Morgan fingerprint density at radius 1 is 1.12 bits per heavy atom. The minimum absolute atomic E-state index is 0.0172. The summed E-state index contributed by atoms with van der Waals surface area (Å²) in [7, 11) is 0. The average molecular weight is 326 g/mol.